The van der Waals surface area contributed by atoms with Gasteiger partial charge >= 0.3 is 6.18 Å². The second-order valence-corrected chi connectivity index (χ2v) is 6.98. The van der Waals surface area contributed by atoms with Gasteiger partial charge in [0.25, 0.3) is 5.91 Å². The van der Waals surface area contributed by atoms with E-state index in [1.807, 2.05) is 4.57 Å². The summed E-state index contributed by atoms with van der Waals surface area (Å²) in [7, 11) is 0. The Hall–Kier alpha value is -3.07. The number of nitrogens with two attached hydrogens (primary N) is 2. The van der Waals surface area contributed by atoms with Gasteiger partial charge in [-0.05, 0) is 37.1 Å². The minimum atomic E-state index is -4.50. The highest BCUT2D eigenvalue weighted by Crippen LogP contribution is 2.42. The van der Waals surface area contributed by atoms with Crippen LogP contribution in [-0.2, 0) is 10.9 Å². The maximum Gasteiger partial charge on any atom is 0.417 e. The third kappa shape index (κ3) is 3.42. The molecule has 1 aliphatic heterocycles. The molecule has 2 aromatic carbocycles. The topological polar surface area (TPSA) is 95.6 Å². The molecule has 0 unspecified atom stereocenters. The number of fused-ring (bicyclic) bond motifs is 3. The summed E-state index contributed by atoms with van der Waals surface area (Å²) in [5.41, 5.74) is 11.1. The number of rotatable bonds is 2. The fourth-order valence-corrected chi connectivity index (χ4v) is 3.98. The molecule has 1 aromatic heterocycles. The van der Waals surface area contributed by atoms with Crippen LogP contribution in [0.3, 0.4) is 0 Å². The van der Waals surface area contributed by atoms with Crippen molar-refractivity contribution in [3.05, 3.63) is 47.5 Å². The van der Waals surface area contributed by atoms with Crippen LogP contribution in [0.5, 0.6) is 0 Å². The van der Waals surface area contributed by atoms with Gasteiger partial charge in [-0.1, -0.05) is 12.1 Å². The third-order valence-corrected chi connectivity index (χ3v) is 5.17. The predicted octanol–water partition coefficient (Wildman–Crippen LogP) is 3.58. The largest absolute Gasteiger partial charge is 0.417 e. The molecule has 0 bridgehead atoms. The lowest BCUT2D eigenvalue weighted by Crippen LogP contribution is -2.24. The molecule has 0 radical (unpaired) electrons. The lowest BCUT2D eigenvalue weighted by atomic mass is 10.0. The number of carbonyl (C=O) groups excluding carboxylic acids is 1. The number of hydrogen-bond acceptors (Lipinski definition) is 2. The first-order valence-corrected chi connectivity index (χ1v) is 9.13. The molecule has 2 heterocycles. The summed E-state index contributed by atoms with van der Waals surface area (Å²) in [6.07, 6.45) is -3.16. The van der Waals surface area contributed by atoms with Crippen molar-refractivity contribution in [3.63, 3.8) is 0 Å². The van der Waals surface area contributed by atoms with Crippen molar-refractivity contribution in [1.29, 1.82) is 0 Å². The smallest absolute Gasteiger partial charge is 0.381 e. The number of hydrogen-bond donors (Lipinski definition) is 2. The number of amides is 1. The fourth-order valence-electron chi connectivity index (χ4n) is 3.98. The number of benzene rings is 2. The zero-order valence-electron chi connectivity index (χ0n) is 15.4. The summed E-state index contributed by atoms with van der Waals surface area (Å²) >= 11 is 0. The molecule has 4 N–H and O–H groups in total. The number of aromatic nitrogens is 1. The van der Waals surface area contributed by atoms with Gasteiger partial charge in [0.1, 0.15) is 0 Å². The van der Waals surface area contributed by atoms with E-state index in [1.54, 1.807) is 12.1 Å². The molecule has 1 fully saturated rings. The van der Waals surface area contributed by atoms with Gasteiger partial charge in [0, 0.05) is 41.1 Å². The van der Waals surface area contributed by atoms with Crippen molar-refractivity contribution in [2.45, 2.75) is 25.1 Å². The van der Waals surface area contributed by atoms with E-state index in [1.165, 1.54) is 18.2 Å². The Morgan fingerprint density at radius 3 is 2.48 bits per heavy atom. The Bertz CT molecular complexity index is 1120. The highest BCUT2D eigenvalue weighted by atomic mass is 19.4. The van der Waals surface area contributed by atoms with Crippen LogP contribution < -0.4 is 11.5 Å². The number of guanidine groups is 1. The van der Waals surface area contributed by atoms with E-state index < -0.39 is 17.6 Å². The van der Waals surface area contributed by atoms with E-state index in [0.29, 0.717) is 42.5 Å². The van der Waals surface area contributed by atoms with Crippen LogP contribution in [0, 0.1) is 0 Å². The molecule has 9 heteroatoms. The lowest BCUT2D eigenvalue weighted by molar-refractivity contribution is -0.136. The molecule has 4 rings (SSSR count). The number of aliphatic imine (C=N–C) groups is 1. The molecule has 6 nitrogen and oxygen atoms in total. The van der Waals surface area contributed by atoms with E-state index in [0.717, 1.165) is 6.07 Å². The Morgan fingerprint density at radius 1 is 1.10 bits per heavy atom. The molecule has 1 aliphatic rings. The van der Waals surface area contributed by atoms with Gasteiger partial charge < -0.3 is 20.8 Å². The number of halogens is 3. The van der Waals surface area contributed by atoms with E-state index in [2.05, 4.69) is 4.99 Å². The van der Waals surface area contributed by atoms with Crippen LogP contribution in [0.15, 0.2) is 41.4 Å². The van der Waals surface area contributed by atoms with Crippen LogP contribution in [-0.4, -0.2) is 29.6 Å². The molecular formula is C20H19F3N4O2. The van der Waals surface area contributed by atoms with Crippen molar-refractivity contribution < 1.29 is 22.7 Å². The van der Waals surface area contributed by atoms with Crippen molar-refractivity contribution in [2.75, 3.05) is 13.2 Å². The van der Waals surface area contributed by atoms with E-state index in [9.17, 15) is 18.0 Å². The van der Waals surface area contributed by atoms with Crippen LogP contribution in [0.2, 0.25) is 0 Å². The van der Waals surface area contributed by atoms with Gasteiger partial charge in [-0.2, -0.15) is 18.2 Å². The molecule has 0 aliphatic carbocycles. The van der Waals surface area contributed by atoms with Crippen LogP contribution >= 0.6 is 0 Å². The zero-order valence-corrected chi connectivity index (χ0v) is 15.4. The number of nitrogens with zero attached hydrogens (tertiary/aromatic N) is 2. The van der Waals surface area contributed by atoms with Crippen LogP contribution in [0.25, 0.3) is 21.8 Å². The molecule has 0 saturated carbocycles. The third-order valence-electron chi connectivity index (χ3n) is 5.17. The van der Waals surface area contributed by atoms with Gasteiger partial charge in [-0.15, -0.1) is 0 Å². The Morgan fingerprint density at radius 2 is 1.83 bits per heavy atom. The van der Waals surface area contributed by atoms with E-state index in [-0.39, 0.29) is 23.0 Å². The first-order chi connectivity index (χ1) is 13.8. The summed E-state index contributed by atoms with van der Waals surface area (Å²) in [6, 6.07) is 8.65. The summed E-state index contributed by atoms with van der Waals surface area (Å²) in [4.78, 5) is 15.8. The van der Waals surface area contributed by atoms with Gasteiger partial charge in [0.05, 0.1) is 11.1 Å². The van der Waals surface area contributed by atoms with E-state index in [4.69, 9.17) is 16.2 Å². The summed E-state index contributed by atoms with van der Waals surface area (Å²) in [5.74, 6) is -1.02. The van der Waals surface area contributed by atoms with Crippen LogP contribution in [0.4, 0.5) is 13.2 Å². The Balaban J connectivity index is 2.04. The highest BCUT2D eigenvalue weighted by molar-refractivity contribution is 6.12. The van der Waals surface area contributed by atoms with Crippen molar-refractivity contribution >= 4 is 33.7 Å². The minimum Gasteiger partial charge on any atom is -0.381 e. The Kier molecular flexibility index (Phi) is 4.70. The number of alkyl halides is 3. The molecule has 1 saturated heterocycles. The molecule has 29 heavy (non-hydrogen) atoms. The molecule has 3 aromatic rings. The Labute approximate surface area is 163 Å². The number of ether oxygens (including phenoxy) is 1. The lowest BCUT2D eigenvalue weighted by Gasteiger charge is -2.25. The molecular weight excluding hydrogens is 385 g/mol. The van der Waals surface area contributed by atoms with Crippen molar-refractivity contribution in [2.24, 2.45) is 16.5 Å². The van der Waals surface area contributed by atoms with Crippen molar-refractivity contribution in [1.82, 2.24) is 4.57 Å². The molecule has 0 atom stereocenters. The molecule has 0 spiro atoms. The van der Waals surface area contributed by atoms with Gasteiger partial charge in [0.2, 0.25) is 0 Å². The average molecular weight is 404 g/mol. The normalized spacial score (nSPS) is 15.7. The van der Waals surface area contributed by atoms with Gasteiger partial charge in [0.15, 0.2) is 5.96 Å². The summed E-state index contributed by atoms with van der Waals surface area (Å²) in [5, 5.41) is 0.558. The maximum absolute atomic E-state index is 13.7. The molecule has 1 amide bonds. The quantitative estimate of drug-likeness (QED) is 0.504. The fraction of sp³-hybridized carbons (Fsp3) is 0.300. The predicted molar refractivity (Wildman–Crippen MR) is 104 cm³/mol. The molecule has 152 valence electrons. The van der Waals surface area contributed by atoms with Crippen LogP contribution in [0.1, 0.15) is 34.8 Å². The monoisotopic (exact) mass is 404 g/mol. The summed E-state index contributed by atoms with van der Waals surface area (Å²) in [6.45, 7) is 1.05. The highest BCUT2D eigenvalue weighted by Gasteiger charge is 2.35. The van der Waals surface area contributed by atoms with Gasteiger partial charge in [-0.3, -0.25) is 4.79 Å². The van der Waals surface area contributed by atoms with E-state index >= 15 is 0 Å². The second-order valence-electron chi connectivity index (χ2n) is 6.98. The minimum absolute atomic E-state index is 0.0411. The standard InChI is InChI=1S/C20H19F3N4O2/c21-20(22,23)14-2-1-3-15-17(14)13-5-4-11(18(28)26-19(24)25)10-16(13)27(15)12-6-8-29-9-7-12/h1-5,10,12H,6-9H2,(H4,24,25,26,28). The number of carbonyl (C=O) groups is 1. The van der Waals surface area contributed by atoms with Crippen molar-refractivity contribution in [3.8, 4) is 0 Å². The first kappa shape index (κ1) is 19.3. The maximum atomic E-state index is 13.7. The average Bonchev–Trinajstić information content (AvgIpc) is 3.01. The SMILES string of the molecule is NC(N)=NC(=O)c1ccc2c3c(C(F)(F)F)cccc3n(C3CCOCC3)c2c1. The zero-order chi connectivity index (χ0) is 20.8. The van der Waals surface area contributed by atoms with Gasteiger partial charge in [-0.25, -0.2) is 0 Å². The summed E-state index contributed by atoms with van der Waals surface area (Å²) < 4.78 is 48.5. The first-order valence-electron chi connectivity index (χ1n) is 9.13. The second kappa shape index (κ2) is 7.07.